The van der Waals surface area contributed by atoms with E-state index < -0.39 is 11.6 Å². The molecule has 1 atom stereocenters. The molecule has 3 rings (SSSR count). The van der Waals surface area contributed by atoms with Gasteiger partial charge in [-0.3, -0.25) is 4.90 Å². The highest BCUT2D eigenvalue weighted by Gasteiger charge is 2.17. The summed E-state index contributed by atoms with van der Waals surface area (Å²) >= 11 is 0. The molecular formula is C26H33F2N3O. The lowest BCUT2D eigenvalue weighted by Crippen LogP contribution is -2.47. The summed E-state index contributed by atoms with van der Waals surface area (Å²) in [4.78, 5) is 4.87. The predicted octanol–water partition coefficient (Wildman–Crippen LogP) is 5.12. The molecule has 1 fully saturated rings. The highest BCUT2D eigenvalue weighted by molar-refractivity contribution is 5.40. The highest BCUT2D eigenvalue weighted by Crippen LogP contribution is 2.26. The fourth-order valence-corrected chi connectivity index (χ4v) is 4.33. The van der Waals surface area contributed by atoms with Crippen LogP contribution in [0.1, 0.15) is 48.8 Å². The first kappa shape index (κ1) is 24.2. The summed E-state index contributed by atoms with van der Waals surface area (Å²) in [5.41, 5.74) is 3.17. The van der Waals surface area contributed by atoms with Crippen LogP contribution >= 0.6 is 0 Å². The van der Waals surface area contributed by atoms with Gasteiger partial charge in [-0.1, -0.05) is 19.1 Å². The Hall–Kier alpha value is -2.49. The van der Waals surface area contributed by atoms with Crippen molar-refractivity contribution in [3.8, 4) is 11.8 Å². The summed E-state index contributed by atoms with van der Waals surface area (Å²) in [7, 11) is 0. The molecule has 0 spiro atoms. The quantitative estimate of drug-likeness (QED) is 0.513. The zero-order chi connectivity index (χ0) is 22.9. The van der Waals surface area contributed by atoms with Gasteiger partial charge in [0, 0.05) is 38.8 Å². The summed E-state index contributed by atoms with van der Waals surface area (Å²) in [5.74, 6) is -0.830. The van der Waals surface area contributed by atoms with Crippen molar-refractivity contribution < 1.29 is 13.5 Å². The van der Waals surface area contributed by atoms with Gasteiger partial charge in [0.15, 0.2) is 11.6 Å². The molecular weight excluding hydrogens is 408 g/mol. The number of nitrogens with zero attached hydrogens (tertiary/aromatic N) is 3. The van der Waals surface area contributed by atoms with E-state index in [0.717, 1.165) is 81.8 Å². The van der Waals surface area contributed by atoms with Crippen molar-refractivity contribution in [2.24, 2.45) is 0 Å². The molecule has 6 heteroatoms. The van der Waals surface area contributed by atoms with E-state index in [2.05, 4.69) is 34.9 Å². The van der Waals surface area contributed by atoms with E-state index in [1.807, 2.05) is 13.0 Å². The Morgan fingerprint density at radius 1 is 1.00 bits per heavy atom. The van der Waals surface area contributed by atoms with Gasteiger partial charge in [0.25, 0.3) is 0 Å². The number of nitriles is 1. The Kier molecular flexibility index (Phi) is 9.01. The van der Waals surface area contributed by atoms with Crippen molar-refractivity contribution in [2.45, 2.75) is 39.0 Å². The molecule has 1 aliphatic heterocycles. The first-order valence-electron chi connectivity index (χ1n) is 11.5. The van der Waals surface area contributed by atoms with Gasteiger partial charge in [-0.2, -0.15) is 5.26 Å². The van der Waals surface area contributed by atoms with E-state index in [-0.39, 0.29) is 0 Å². The molecule has 0 aliphatic carbocycles. The first-order chi connectivity index (χ1) is 15.5. The molecule has 0 aromatic heterocycles. The minimum atomic E-state index is -0.879. The molecule has 172 valence electrons. The molecule has 0 bridgehead atoms. The summed E-state index contributed by atoms with van der Waals surface area (Å²) in [6.45, 7) is 10.7. The number of ether oxygens (including phenoxy) is 1. The number of hydrogen-bond donors (Lipinski definition) is 0. The van der Waals surface area contributed by atoms with Crippen LogP contribution in [0.25, 0.3) is 0 Å². The molecule has 1 aliphatic rings. The van der Waals surface area contributed by atoms with Crippen molar-refractivity contribution >= 4 is 0 Å². The van der Waals surface area contributed by atoms with Gasteiger partial charge in [0.1, 0.15) is 12.4 Å². The SMILES string of the molecule is CCC(CCCN1CCN(CCOc2ccc(F)c(F)c2)CC1)c1ccc(C#N)c(C)c1. The maximum atomic E-state index is 13.2. The van der Waals surface area contributed by atoms with Crippen LogP contribution in [0.2, 0.25) is 0 Å². The minimum Gasteiger partial charge on any atom is -0.492 e. The fourth-order valence-electron chi connectivity index (χ4n) is 4.33. The molecule has 2 aromatic rings. The number of halogens is 2. The topological polar surface area (TPSA) is 39.5 Å². The van der Waals surface area contributed by atoms with Crippen LogP contribution in [0.5, 0.6) is 5.75 Å². The van der Waals surface area contributed by atoms with Crippen molar-refractivity contribution in [3.05, 3.63) is 64.7 Å². The van der Waals surface area contributed by atoms with E-state index in [4.69, 9.17) is 10.00 Å². The van der Waals surface area contributed by atoms with E-state index in [1.165, 1.54) is 11.6 Å². The second-order valence-electron chi connectivity index (χ2n) is 8.54. The van der Waals surface area contributed by atoms with Crippen molar-refractivity contribution in [2.75, 3.05) is 45.9 Å². The molecule has 1 unspecified atom stereocenters. The summed E-state index contributed by atoms with van der Waals surface area (Å²) in [6, 6.07) is 12.1. The lowest BCUT2D eigenvalue weighted by atomic mass is 9.90. The van der Waals surface area contributed by atoms with E-state index in [1.54, 1.807) is 0 Å². The molecule has 1 saturated heterocycles. The normalized spacial score (nSPS) is 16.0. The van der Waals surface area contributed by atoms with Crippen LogP contribution < -0.4 is 4.74 Å². The van der Waals surface area contributed by atoms with Crippen LogP contribution in [0.3, 0.4) is 0 Å². The van der Waals surface area contributed by atoms with Crippen LogP contribution in [0.4, 0.5) is 8.78 Å². The molecule has 0 amide bonds. The summed E-state index contributed by atoms with van der Waals surface area (Å²) in [6.07, 6.45) is 3.43. The maximum absolute atomic E-state index is 13.2. The van der Waals surface area contributed by atoms with E-state index in [0.29, 0.717) is 18.3 Å². The summed E-state index contributed by atoms with van der Waals surface area (Å²) in [5, 5.41) is 9.14. The number of piperazine rings is 1. The lowest BCUT2D eigenvalue weighted by molar-refractivity contribution is 0.115. The van der Waals surface area contributed by atoms with Gasteiger partial charge in [-0.15, -0.1) is 0 Å². The first-order valence-corrected chi connectivity index (χ1v) is 11.5. The van der Waals surface area contributed by atoms with Gasteiger partial charge in [-0.25, -0.2) is 8.78 Å². The number of aryl methyl sites for hydroxylation is 1. The average molecular weight is 442 g/mol. The van der Waals surface area contributed by atoms with Gasteiger partial charge >= 0.3 is 0 Å². The molecule has 1 heterocycles. The van der Waals surface area contributed by atoms with Gasteiger partial charge in [-0.05, 0) is 68.0 Å². The molecule has 0 radical (unpaired) electrons. The maximum Gasteiger partial charge on any atom is 0.162 e. The van der Waals surface area contributed by atoms with Crippen LogP contribution in [0, 0.1) is 29.9 Å². The van der Waals surface area contributed by atoms with Gasteiger partial charge in [0.05, 0.1) is 11.6 Å². The fraction of sp³-hybridized carbons (Fsp3) is 0.500. The van der Waals surface area contributed by atoms with Crippen LogP contribution in [-0.4, -0.2) is 55.7 Å². The van der Waals surface area contributed by atoms with Crippen molar-refractivity contribution in [1.29, 1.82) is 5.26 Å². The van der Waals surface area contributed by atoms with Crippen LogP contribution in [-0.2, 0) is 0 Å². The van der Waals surface area contributed by atoms with Gasteiger partial charge in [0.2, 0.25) is 0 Å². The molecule has 32 heavy (non-hydrogen) atoms. The number of hydrogen-bond acceptors (Lipinski definition) is 4. The largest absolute Gasteiger partial charge is 0.492 e. The zero-order valence-electron chi connectivity index (χ0n) is 19.1. The molecule has 0 saturated carbocycles. The molecule has 2 aromatic carbocycles. The molecule has 0 N–H and O–H groups in total. The van der Waals surface area contributed by atoms with E-state index in [9.17, 15) is 8.78 Å². The Labute approximate surface area is 190 Å². The molecule has 4 nitrogen and oxygen atoms in total. The Morgan fingerprint density at radius 2 is 1.72 bits per heavy atom. The summed E-state index contributed by atoms with van der Waals surface area (Å²) < 4.78 is 31.8. The van der Waals surface area contributed by atoms with Crippen molar-refractivity contribution in [3.63, 3.8) is 0 Å². The third kappa shape index (κ3) is 6.75. The number of benzene rings is 2. The third-order valence-corrected chi connectivity index (χ3v) is 6.39. The Bertz CT molecular complexity index is 920. The van der Waals surface area contributed by atoms with Crippen molar-refractivity contribution in [1.82, 2.24) is 9.80 Å². The Morgan fingerprint density at radius 3 is 2.34 bits per heavy atom. The Balaban J connectivity index is 1.34. The average Bonchev–Trinajstić information content (AvgIpc) is 2.80. The standard InChI is InChI=1S/C26H33F2N3O/c1-3-21(22-6-7-23(19-29)20(2)17-22)5-4-10-30-11-13-31(14-12-30)15-16-32-24-8-9-25(27)26(28)18-24/h6-9,17-18,21H,3-5,10-16H2,1-2H3. The van der Waals surface area contributed by atoms with E-state index >= 15 is 0 Å². The number of rotatable bonds is 10. The zero-order valence-corrected chi connectivity index (χ0v) is 19.1. The second-order valence-corrected chi connectivity index (χ2v) is 8.54. The van der Waals surface area contributed by atoms with Gasteiger partial charge < -0.3 is 9.64 Å². The lowest BCUT2D eigenvalue weighted by Gasteiger charge is -2.34. The third-order valence-electron chi connectivity index (χ3n) is 6.39. The second kappa shape index (κ2) is 11.9. The predicted molar refractivity (Wildman–Crippen MR) is 123 cm³/mol. The minimum absolute atomic E-state index is 0.366. The van der Waals surface area contributed by atoms with Crippen LogP contribution in [0.15, 0.2) is 36.4 Å². The smallest absolute Gasteiger partial charge is 0.162 e. The highest BCUT2D eigenvalue weighted by atomic mass is 19.2. The monoisotopic (exact) mass is 441 g/mol.